The predicted octanol–water partition coefficient (Wildman–Crippen LogP) is 1.38. The van der Waals surface area contributed by atoms with Crippen molar-refractivity contribution >= 4 is 11.6 Å². The zero-order valence-corrected chi connectivity index (χ0v) is 8.81. The minimum atomic E-state index is -1.01. The highest BCUT2D eigenvalue weighted by atomic mass is 19.1. The Hall–Kier alpha value is -2.49. The Kier molecular flexibility index (Phi) is 3.72. The van der Waals surface area contributed by atoms with E-state index >= 15 is 0 Å². The van der Waals surface area contributed by atoms with Crippen molar-refractivity contribution in [3.05, 3.63) is 39.7 Å². The third-order valence-corrected chi connectivity index (χ3v) is 1.95. The largest absolute Gasteiger partial charge is 0.337 e. The number of nitro benzene ring substituents is 1. The van der Waals surface area contributed by atoms with Crippen molar-refractivity contribution in [2.45, 2.75) is 13.0 Å². The first-order valence-corrected chi connectivity index (χ1v) is 4.60. The van der Waals surface area contributed by atoms with Crippen LogP contribution in [-0.4, -0.2) is 16.9 Å². The molecule has 1 aromatic carbocycles. The smallest absolute Gasteiger partial charge is 0.305 e. The summed E-state index contributed by atoms with van der Waals surface area (Å²) in [6.07, 6.45) is 0. The molecule has 0 saturated carbocycles. The normalized spacial score (nSPS) is 11.4. The van der Waals surface area contributed by atoms with Crippen LogP contribution in [0.4, 0.5) is 10.1 Å². The maximum atomic E-state index is 13.0. The topological polar surface area (TPSA) is 96.0 Å². The van der Waals surface area contributed by atoms with E-state index in [0.29, 0.717) is 0 Å². The minimum absolute atomic E-state index is 0.0693. The van der Waals surface area contributed by atoms with Gasteiger partial charge in [-0.3, -0.25) is 14.9 Å². The lowest BCUT2D eigenvalue weighted by molar-refractivity contribution is -0.387. The summed E-state index contributed by atoms with van der Waals surface area (Å²) in [5.74, 6) is -1.68. The fourth-order valence-corrected chi connectivity index (χ4v) is 1.11. The van der Waals surface area contributed by atoms with Crippen LogP contribution in [0.2, 0.25) is 0 Å². The highest BCUT2D eigenvalue weighted by Crippen LogP contribution is 2.18. The van der Waals surface area contributed by atoms with Crippen LogP contribution >= 0.6 is 0 Å². The number of carbonyl (C=O) groups excluding carboxylic acids is 1. The van der Waals surface area contributed by atoms with E-state index in [0.717, 1.165) is 18.2 Å². The highest BCUT2D eigenvalue weighted by molar-refractivity contribution is 5.95. The minimum Gasteiger partial charge on any atom is -0.337 e. The average Bonchev–Trinajstić information content (AvgIpc) is 2.28. The van der Waals surface area contributed by atoms with Gasteiger partial charge in [-0.1, -0.05) is 0 Å². The van der Waals surface area contributed by atoms with Crippen molar-refractivity contribution in [1.29, 1.82) is 5.26 Å². The summed E-state index contributed by atoms with van der Waals surface area (Å²) in [5, 5.41) is 21.2. The summed E-state index contributed by atoms with van der Waals surface area (Å²) < 4.78 is 13.0. The Morgan fingerprint density at radius 1 is 1.65 bits per heavy atom. The molecule has 0 spiro atoms. The number of hydrogen-bond acceptors (Lipinski definition) is 4. The van der Waals surface area contributed by atoms with Gasteiger partial charge in [-0.2, -0.15) is 9.65 Å². The van der Waals surface area contributed by atoms with Gasteiger partial charge in [0.05, 0.1) is 11.0 Å². The third-order valence-electron chi connectivity index (χ3n) is 1.95. The van der Waals surface area contributed by atoms with E-state index in [2.05, 4.69) is 5.32 Å². The quantitative estimate of drug-likeness (QED) is 0.634. The van der Waals surface area contributed by atoms with Gasteiger partial charge in [0.1, 0.15) is 6.04 Å². The average molecular weight is 237 g/mol. The van der Waals surface area contributed by atoms with E-state index in [1.165, 1.54) is 6.92 Å². The van der Waals surface area contributed by atoms with Crippen molar-refractivity contribution in [3.8, 4) is 6.07 Å². The molecule has 0 saturated heterocycles. The van der Waals surface area contributed by atoms with E-state index in [1.807, 2.05) is 0 Å². The standard InChI is InChI=1S/C10H8FN3O3/c1-6(5-12)13-10(15)7-2-3-8(11)9(4-7)14(16)17/h2-4,6H,1H3,(H,13,15). The zero-order chi connectivity index (χ0) is 13.0. The van der Waals surface area contributed by atoms with Crippen molar-refractivity contribution in [2.24, 2.45) is 0 Å². The Bertz CT molecular complexity index is 510. The van der Waals surface area contributed by atoms with Crippen LogP contribution in [0.15, 0.2) is 18.2 Å². The second kappa shape index (κ2) is 5.03. The second-order valence-corrected chi connectivity index (χ2v) is 3.25. The zero-order valence-electron chi connectivity index (χ0n) is 8.81. The van der Waals surface area contributed by atoms with Gasteiger partial charge < -0.3 is 5.32 Å². The number of nitrogens with one attached hydrogen (secondary N) is 1. The number of amides is 1. The van der Waals surface area contributed by atoms with Crippen molar-refractivity contribution < 1.29 is 14.1 Å². The van der Waals surface area contributed by atoms with Crippen molar-refractivity contribution in [3.63, 3.8) is 0 Å². The molecule has 0 aliphatic carbocycles. The van der Waals surface area contributed by atoms with E-state index in [4.69, 9.17) is 5.26 Å². The first kappa shape index (κ1) is 12.6. The summed E-state index contributed by atoms with van der Waals surface area (Å²) in [6.45, 7) is 1.45. The monoisotopic (exact) mass is 237 g/mol. The number of nitro groups is 1. The SMILES string of the molecule is CC(C#N)NC(=O)c1ccc(F)c([N+](=O)[O-])c1. The molecule has 1 amide bonds. The maximum Gasteiger partial charge on any atom is 0.305 e. The van der Waals surface area contributed by atoms with E-state index in [1.54, 1.807) is 6.07 Å². The lowest BCUT2D eigenvalue weighted by Gasteiger charge is -2.06. The van der Waals surface area contributed by atoms with E-state index in [-0.39, 0.29) is 5.56 Å². The molecule has 1 aromatic rings. The van der Waals surface area contributed by atoms with Gasteiger partial charge in [-0.05, 0) is 19.1 Å². The summed E-state index contributed by atoms with van der Waals surface area (Å²) in [6, 6.07) is 3.82. The molecule has 1 rings (SSSR count). The van der Waals surface area contributed by atoms with Gasteiger partial charge in [0.15, 0.2) is 0 Å². The van der Waals surface area contributed by atoms with Crippen LogP contribution in [0, 0.1) is 27.3 Å². The first-order valence-electron chi connectivity index (χ1n) is 4.60. The fourth-order valence-electron chi connectivity index (χ4n) is 1.11. The number of nitrogens with zero attached hydrogens (tertiary/aromatic N) is 2. The van der Waals surface area contributed by atoms with Gasteiger partial charge in [0, 0.05) is 11.6 Å². The van der Waals surface area contributed by atoms with Crippen LogP contribution in [0.5, 0.6) is 0 Å². The number of halogens is 1. The van der Waals surface area contributed by atoms with Crippen LogP contribution in [0.1, 0.15) is 17.3 Å². The number of nitriles is 1. The lowest BCUT2D eigenvalue weighted by atomic mass is 10.1. The van der Waals surface area contributed by atoms with Crippen molar-refractivity contribution in [1.82, 2.24) is 5.32 Å². The molecule has 1 unspecified atom stereocenters. The predicted molar refractivity (Wildman–Crippen MR) is 55.6 cm³/mol. The lowest BCUT2D eigenvalue weighted by Crippen LogP contribution is -2.31. The van der Waals surface area contributed by atoms with Gasteiger partial charge >= 0.3 is 5.69 Å². The molecule has 1 atom stereocenters. The van der Waals surface area contributed by atoms with Gasteiger partial charge in [-0.25, -0.2) is 0 Å². The number of benzene rings is 1. The molecule has 6 nitrogen and oxygen atoms in total. The Morgan fingerprint density at radius 2 is 2.29 bits per heavy atom. The molecule has 88 valence electrons. The fraction of sp³-hybridized carbons (Fsp3) is 0.200. The Labute approximate surface area is 95.8 Å². The van der Waals surface area contributed by atoms with E-state index < -0.39 is 28.4 Å². The van der Waals surface area contributed by atoms with Gasteiger partial charge in [0.25, 0.3) is 5.91 Å². The number of rotatable bonds is 3. The molecular weight excluding hydrogens is 229 g/mol. The highest BCUT2D eigenvalue weighted by Gasteiger charge is 2.18. The Morgan fingerprint density at radius 3 is 2.82 bits per heavy atom. The first-order chi connectivity index (χ1) is 7.95. The molecule has 17 heavy (non-hydrogen) atoms. The molecule has 0 aliphatic rings. The number of carbonyl (C=O) groups is 1. The molecule has 0 fully saturated rings. The number of hydrogen-bond donors (Lipinski definition) is 1. The van der Waals surface area contributed by atoms with Crippen molar-refractivity contribution in [2.75, 3.05) is 0 Å². The summed E-state index contributed by atoms with van der Waals surface area (Å²) in [7, 11) is 0. The summed E-state index contributed by atoms with van der Waals surface area (Å²) >= 11 is 0. The molecule has 0 radical (unpaired) electrons. The Balaban J connectivity index is 3.01. The molecule has 0 aromatic heterocycles. The molecular formula is C10H8FN3O3. The van der Waals surface area contributed by atoms with Crippen LogP contribution < -0.4 is 5.32 Å². The van der Waals surface area contributed by atoms with Crippen LogP contribution in [0.3, 0.4) is 0 Å². The molecule has 0 bridgehead atoms. The van der Waals surface area contributed by atoms with Crippen LogP contribution in [0.25, 0.3) is 0 Å². The summed E-state index contributed by atoms with van der Waals surface area (Å²) in [4.78, 5) is 21.0. The molecule has 0 heterocycles. The molecule has 1 N–H and O–H groups in total. The summed E-state index contributed by atoms with van der Waals surface area (Å²) in [5.41, 5.74) is -0.845. The third kappa shape index (κ3) is 2.98. The second-order valence-electron chi connectivity index (χ2n) is 3.25. The van der Waals surface area contributed by atoms with Crippen LogP contribution in [-0.2, 0) is 0 Å². The molecule has 0 aliphatic heterocycles. The molecule has 7 heteroatoms. The maximum absolute atomic E-state index is 13.0. The van der Waals surface area contributed by atoms with E-state index in [9.17, 15) is 19.3 Å². The van der Waals surface area contributed by atoms with Gasteiger partial charge in [-0.15, -0.1) is 0 Å². The van der Waals surface area contributed by atoms with Gasteiger partial charge in [0.2, 0.25) is 5.82 Å².